The Morgan fingerprint density at radius 3 is 2.55 bits per heavy atom. The normalized spacial score (nSPS) is 15.2. The topological polar surface area (TPSA) is 93.1 Å². The minimum Gasteiger partial charge on any atom is -0.303 e. The van der Waals surface area contributed by atoms with Crippen molar-refractivity contribution in [2.24, 2.45) is 0 Å². The van der Waals surface area contributed by atoms with Gasteiger partial charge in [0.15, 0.2) is 0 Å². The van der Waals surface area contributed by atoms with Crippen LogP contribution >= 0.6 is 16.5 Å². The van der Waals surface area contributed by atoms with Crippen molar-refractivity contribution >= 4 is 16.5 Å². The highest BCUT2D eigenvalue weighted by Gasteiger charge is 2.18. The first-order chi connectivity index (χ1) is 4.95. The van der Waals surface area contributed by atoms with Gasteiger partial charge in [-0.05, 0) is 6.92 Å². The molecule has 0 saturated heterocycles. The standard InChI is InChI=1S/C3H8O6P2/c1-3(2-8-10-4)9-11(5,6)7/h3H,2H2,1H3,(H2,5,6,7). The summed E-state index contributed by atoms with van der Waals surface area (Å²) in [4.78, 5) is 16.5. The van der Waals surface area contributed by atoms with Crippen molar-refractivity contribution in [3.8, 4) is 0 Å². The van der Waals surface area contributed by atoms with Crippen molar-refractivity contribution < 1.29 is 28.0 Å². The highest BCUT2D eigenvalue weighted by molar-refractivity contribution is 7.46. The molecule has 0 fully saturated rings. The maximum atomic E-state index is 10.1. The lowest BCUT2D eigenvalue weighted by Gasteiger charge is -2.10. The van der Waals surface area contributed by atoms with Gasteiger partial charge in [0.25, 0.3) is 0 Å². The molecule has 1 unspecified atom stereocenters. The minimum absolute atomic E-state index is 0.129. The van der Waals surface area contributed by atoms with E-state index >= 15 is 0 Å². The maximum absolute atomic E-state index is 10.1. The first-order valence-corrected chi connectivity index (χ1v) is 4.90. The molecule has 6 nitrogen and oxygen atoms in total. The third-order valence-electron chi connectivity index (χ3n) is 0.679. The van der Waals surface area contributed by atoms with Gasteiger partial charge in [0.1, 0.15) is 0 Å². The number of hydrogen-bond acceptors (Lipinski definition) is 4. The highest BCUT2D eigenvalue weighted by atomic mass is 31.2. The first-order valence-electron chi connectivity index (χ1n) is 2.64. The predicted octanol–water partition coefficient (Wildman–Crippen LogP) is 0.707. The molecule has 0 spiro atoms. The SMILES string of the molecule is CC(COP=O)OP(=O)(O)O. The Balaban J connectivity index is 3.60. The van der Waals surface area contributed by atoms with Crippen LogP contribution < -0.4 is 0 Å². The zero-order valence-corrected chi connectivity index (χ0v) is 7.50. The summed E-state index contributed by atoms with van der Waals surface area (Å²) >= 11 is 0. The number of hydrogen-bond donors (Lipinski definition) is 2. The summed E-state index contributed by atoms with van der Waals surface area (Å²) in [7, 11) is -4.98. The maximum Gasteiger partial charge on any atom is 0.469 e. The fraction of sp³-hybridized carbons (Fsp3) is 1.00. The van der Waals surface area contributed by atoms with Crippen LogP contribution in [-0.2, 0) is 18.2 Å². The average Bonchev–Trinajstić information content (AvgIpc) is 1.79. The van der Waals surface area contributed by atoms with E-state index in [0.29, 0.717) is 0 Å². The van der Waals surface area contributed by atoms with E-state index in [-0.39, 0.29) is 6.61 Å². The van der Waals surface area contributed by atoms with Crippen molar-refractivity contribution in [3.63, 3.8) is 0 Å². The third kappa shape index (κ3) is 8.07. The molecular weight excluding hydrogens is 194 g/mol. The van der Waals surface area contributed by atoms with E-state index in [2.05, 4.69) is 9.05 Å². The van der Waals surface area contributed by atoms with E-state index in [4.69, 9.17) is 9.79 Å². The lowest BCUT2D eigenvalue weighted by Crippen LogP contribution is -2.11. The van der Waals surface area contributed by atoms with E-state index in [1.54, 1.807) is 0 Å². The van der Waals surface area contributed by atoms with Gasteiger partial charge in [-0.2, -0.15) is 0 Å². The summed E-state index contributed by atoms with van der Waals surface area (Å²) in [5.74, 6) is 0. The summed E-state index contributed by atoms with van der Waals surface area (Å²) in [6.45, 7) is 1.26. The number of rotatable bonds is 5. The van der Waals surface area contributed by atoms with E-state index in [9.17, 15) is 9.13 Å². The molecule has 0 amide bonds. The van der Waals surface area contributed by atoms with Gasteiger partial charge >= 0.3 is 16.5 Å². The van der Waals surface area contributed by atoms with Gasteiger partial charge in [0.2, 0.25) is 0 Å². The molecule has 0 saturated carbocycles. The molecule has 0 aliphatic carbocycles. The third-order valence-corrected chi connectivity index (χ3v) is 1.57. The molecular formula is C3H8O6P2. The van der Waals surface area contributed by atoms with Gasteiger partial charge in [-0.1, -0.05) is 0 Å². The van der Waals surface area contributed by atoms with Crippen molar-refractivity contribution in [2.75, 3.05) is 6.61 Å². The summed E-state index contributed by atoms with van der Waals surface area (Å²) in [5.41, 5.74) is 0. The van der Waals surface area contributed by atoms with E-state index in [1.807, 2.05) is 0 Å². The average molecular weight is 202 g/mol. The van der Waals surface area contributed by atoms with Gasteiger partial charge < -0.3 is 9.79 Å². The Hall–Kier alpha value is 0.170. The van der Waals surface area contributed by atoms with Crippen molar-refractivity contribution in [1.82, 2.24) is 0 Å². The van der Waals surface area contributed by atoms with Crippen LogP contribution in [0.1, 0.15) is 6.92 Å². The molecule has 0 aliphatic rings. The van der Waals surface area contributed by atoms with Crippen LogP contribution in [0.25, 0.3) is 0 Å². The smallest absolute Gasteiger partial charge is 0.303 e. The largest absolute Gasteiger partial charge is 0.469 e. The summed E-state index contributed by atoms with van der Waals surface area (Å²) < 4.78 is 28.3. The fourth-order valence-electron chi connectivity index (χ4n) is 0.400. The quantitative estimate of drug-likeness (QED) is 0.637. The molecule has 8 heteroatoms. The molecule has 0 heterocycles. The zero-order chi connectivity index (χ0) is 8.91. The molecule has 0 aromatic rings. The lowest BCUT2D eigenvalue weighted by atomic mass is 10.5. The van der Waals surface area contributed by atoms with E-state index < -0.39 is 22.6 Å². The first kappa shape index (κ1) is 11.2. The fourth-order valence-corrected chi connectivity index (χ4v) is 1.20. The summed E-state index contributed by atoms with van der Waals surface area (Å²) in [6.07, 6.45) is -0.780. The second kappa shape index (κ2) is 4.93. The summed E-state index contributed by atoms with van der Waals surface area (Å²) in [6, 6.07) is 0. The number of phosphoric ester groups is 1. The molecule has 0 aliphatic heterocycles. The Bertz CT molecular complexity index is 163. The van der Waals surface area contributed by atoms with Crippen LogP contribution in [0.15, 0.2) is 0 Å². The van der Waals surface area contributed by atoms with Crippen molar-refractivity contribution in [2.45, 2.75) is 13.0 Å². The Morgan fingerprint density at radius 1 is 1.64 bits per heavy atom. The zero-order valence-electron chi connectivity index (χ0n) is 5.71. The monoisotopic (exact) mass is 202 g/mol. The molecule has 1 atom stereocenters. The van der Waals surface area contributed by atoms with Gasteiger partial charge in [-0.25, -0.2) is 9.13 Å². The molecule has 2 N–H and O–H groups in total. The Labute approximate surface area is 65.0 Å². The van der Waals surface area contributed by atoms with Crippen LogP contribution in [0.2, 0.25) is 0 Å². The Kier molecular flexibility index (Phi) is 5.01. The molecule has 0 aromatic carbocycles. The number of phosphoric acid groups is 1. The molecule has 0 radical (unpaired) electrons. The van der Waals surface area contributed by atoms with Crippen molar-refractivity contribution in [3.05, 3.63) is 0 Å². The van der Waals surface area contributed by atoms with Crippen LogP contribution in [0.4, 0.5) is 0 Å². The van der Waals surface area contributed by atoms with Gasteiger partial charge in [0.05, 0.1) is 12.7 Å². The highest BCUT2D eigenvalue weighted by Crippen LogP contribution is 2.37. The van der Waals surface area contributed by atoms with Crippen LogP contribution in [0.5, 0.6) is 0 Å². The van der Waals surface area contributed by atoms with Gasteiger partial charge in [0, 0.05) is 0 Å². The van der Waals surface area contributed by atoms with Crippen LogP contribution in [0, 0.1) is 0 Å². The molecule has 11 heavy (non-hydrogen) atoms. The van der Waals surface area contributed by atoms with Crippen LogP contribution in [-0.4, -0.2) is 22.5 Å². The molecule has 0 bridgehead atoms. The minimum atomic E-state index is -4.45. The second-order valence-electron chi connectivity index (χ2n) is 1.78. The molecule has 66 valence electrons. The molecule has 0 aromatic heterocycles. The molecule has 0 rings (SSSR count). The van der Waals surface area contributed by atoms with E-state index in [0.717, 1.165) is 0 Å². The summed E-state index contributed by atoms with van der Waals surface area (Å²) in [5, 5.41) is 0. The van der Waals surface area contributed by atoms with Gasteiger partial charge in [-0.15, -0.1) is 0 Å². The van der Waals surface area contributed by atoms with Crippen LogP contribution in [0.3, 0.4) is 0 Å². The van der Waals surface area contributed by atoms with Crippen molar-refractivity contribution in [1.29, 1.82) is 0 Å². The predicted molar refractivity (Wildman–Crippen MR) is 36.1 cm³/mol. The van der Waals surface area contributed by atoms with E-state index in [1.165, 1.54) is 6.92 Å². The second-order valence-corrected chi connectivity index (χ2v) is 3.38. The Morgan fingerprint density at radius 2 is 2.18 bits per heavy atom. The van der Waals surface area contributed by atoms with Gasteiger partial charge in [-0.3, -0.25) is 9.05 Å². The lowest BCUT2D eigenvalue weighted by molar-refractivity contribution is 0.106.